The lowest BCUT2D eigenvalue weighted by atomic mass is 10.1. The molecule has 0 radical (unpaired) electrons. The van der Waals surface area contributed by atoms with Crippen molar-refractivity contribution in [1.82, 2.24) is 0 Å². The average molecular weight is 250 g/mol. The highest BCUT2D eigenvalue weighted by molar-refractivity contribution is 9.10. The summed E-state index contributed by atoms with van der Waals surface area (Å²) < 4.78 is 13.1. The maximum atomic E-state index is 13.0. The number of aliphatic hydroxyl groups is 1. The Bertz CT molecular complexity index is 319. The standard InChI is InChI=1S/C8H9BrFNO2/c9-8-4(10)1-2-6(13)7(8)5(11)3-12/h1-2,5,12-13H,3,11H2. The van der Waals surface area contributed by atoms with E-state index in [4.69, 9.17) is 10.8 Å². The topological polar surface area (TPSA) is 66.5 Å². The first-order valence-corrected chi connectivity index (χ1v) is 4.40. The highest BCUT2D eigenvalue weighted by Crippen LogP contribution is 2.32. The molecule has 0 aliphatic carbocycles. The monoisotopic (exact) mass is 249 g/mol. The molecule has 0 heterocycles. The lowest BCUT2D eigenvalue weighted by molar-refractivity contribution is 0.264. The number of hydrogen-bond donors (Lipinski definition) is 3. The summed E-state index contributed by atoms with van der Waals surface area (Å²) in [7, 11) is 0. The van der Waals surface area contributed by atoms with E-state index < -0.39 is 11.9 Å². The minimum absolute atomic E-state index is 0.0917. The van der Waals surface area contributed by atoms with Crippen LogP contribution in [0.25, 0.3) is 0 Å². The molecule has 5 heteroatoms. The van der Waals surface area contributed by atoms with Crippen molar-refractivity contribution in [2.75, 3.05) is 6.61 Å². The van der Waals surface area contributed by atoms with Crippen LogP contribution in [0.5, 0.6) is 5.75 Å². The molecule has 0 aliphatic heterocycles. The van der Waals surface area contributed by atoms with Crippen LogP contribution in [0.3, 0.4) is 0 Å². The third-order valence-electron chi connectivity index (χ3n) is 1.68. The Morgan fingerprint density at radius 1 is 1.54 bits per heavy atom. The van der Waals surface area contributed by atoms with Crippen molar-refractivity contribution in [2.45, 2.75) is 6.04 Å². The zero-order valence-corrected chi connectivity index (χ0v) is 8.25. The molecule has 0 amide bonds. The predicted octanol–water partition coefficient (Wildman–Crippen LogP) is 1.29. The van der Waals surface area contributed by atoms with Gasteiger partial charge in [-0.15, -0.1) is 0 Å². The van der Waals surface area contributed by atoms with Crippen molar-refractivity contribution < 1.29 is 14.6 Å². The molecule has 4 N–H and O–H groups in total. The zero-order valence-electron chi connectivity index (χ0n) is 6.67. The van der Waals surface area contributed by atoms with Gasteiger partial charge in [-0.3, -0.25) is 0 Å². The number of benzene rings is 1. The van der Waals surface area contributed by atoms with Crippen LogP contribution in [0, 0.1) is 5.82 Å². The maximum absolute atomic E-state index is 13.0. The van der Waals surface area contributed by atoms with Gasteiger partial charge in [0, 0.05) is 5.56 Å². The van der Waals surface area contributed by atoms with Gasteiger partial charge in [-0.1, -0.05) is 0 Å². The second-order valence-corrected chi connectivity index (χ2v) is 3.38. The Balaban J connectivity index is 3.25. The Labute approximate surface area is 83.1 Å². The molecule has 0 spiro atoms. The summed E-state index contributed by atoms with van der Waals surface area (Å²) in [6, 6.07) is 1.53. The molecule has 0 saturated heterocycles. The number of aromatic hydroxyl groups is 1. The average Bonchev–Trinajstić information content (AvgIpc) is 2.12. The largest absolute Gasteiger partial charge is 0.508 e. The molecule has 3 nitrogen and oxygen atoms in total. The molecule has 0 bridgehead atoms. The molecule has 1 unspecified atom stereocenters. The van der Waals surface area contributed by atoms with E-state index in [0.717, 1.165) is 6.07 Å². The molecule has 1 atom stereocenters. The molecular formula is C8H9BrFNO2. The third-order valence-corrected chi connectivity index (χ3v) is 2.48. The van der Waals surface area contributed by atoms with Crippen molar-refractivity contribution in [2.24, 2.45) is 5.73 Å². The van der Waals surface area contributed by atoms with E-state index in [1.165, 1.54) is 6.07 Å². The van der Waals surface area contributed by atoms with Gasteiger partial charge in [0.15, 0.2) is 0 Å². The molecule has 0 fully saturated rings. The lowest BCUT2D eigenvalue weighted by Gasteiger charge is -2.12. The zero-order chi connectivity index (χ0) is 10.0. The molecule has 0 saturated carbocycles. The molecular weight excluding hydrogens is 241 g/mol. The first-order chi connectivity index (χ1) is 6.07. The van der Waals surface area contributed by atoms with E-state index in [1.807, 2.05) is 0 Å². The van der Waals surface area contributed by atoms with Crippen molar-refractivity contribution >= 4 is 15.9 Å². The molecule has 1 aromatic carbocycles. The van der Waals surface area contributed by atoms with Gasteiger partial charge in [-0.2, -0.15) is 0 Å². The minimum Gasteiger partial charge on any atom is -0.508 e. The number of rotatable bonds is 2. The van der Waals surface area contributed by atoms with Gasteiger partial charge < -0.3 is 15.9 Å². The van der Waals surface area contributed by atoms with Gasteiger partial charge in [0.05, 0.1) is 17.1 Å². The van der Waals surface area contributed by atoms with Crippen LogP contribution in [0.1, 0.15) is 11.6 Å². The maximum Gasteiger partial charge on any atom is 0.137 e. The van der Waals surface area contributed by atoms with Crippen LogP contribution in [-0.4, -0.2) is 16.8 Å². The first kappa shape index (κ1) is 10.4. The van der Waals surface area contributed by atoms with Crippen LogP contribution in [0.15, 0.2) is 16.6 Å². The summed E-state index contributed by atoms with van der Waals surface area (Å²) in [6.45, 7) is -0.352. The molecule has 72 valence electrons. The minimum atomic E-state index is -0.787. The Morgan fingerprint density at radius 3 is 2.69 bits per heavy atom. The summed E-state index contributed by atoms with van der Waals surface area (Å²) >= 11 is 2.95. The number of phenols is 1. The number of aliphatic hydroxyl groups excluding tert-OH is 1. The van der Waals surface area contributed by atoms with Gasteiger partial charge in [0.25, 0.3) is 0 Å². The fourth-order valence-corrected chi connectivity index (χ4v) is 1.63. The number of nitrogens with two attached hydrogens (primary N) is 1. The smallest absolute Gasteiger partial charge is 0.137 e. The summed E-state index contributed by atoms with van der Waals surface area (Å²) in [5.74, 6) is -0.647. The normalized spacial score (nSPS) is 12.9. The van der Waals surface area contributed by atoms with E-state index in [0.29, 0.717) is 0 Å². The van der Waals surface area contributed by atoms with Crippen LogP contribution in [0.2, 0.25) is 0 Å². The second-order valence-electron chi connectivity index (χ2n) is 2.58. The van der Waals surface area contributed by atoms with E-state index in [1.54, 1.807) is 0 Å². The number of hydrogen-bond acceptors (Lipinski definition) is 3. The number of phenolic OH excluding ortho intramolecular Hbond substituents is 1. The van der Waals surface area contributed by atoms with E-state index >= 15 is 0 Å². The summed E-state index contributed by atoms with van der Waals surface area (Å²) in [5.41, 5.74) is 5.64. The van der Waals surface area contributed by atoms with Gasteiger partial charge in [0.2, 0.25) is 0 Å². The fourth-order valence-electron chi connectivity index (χ4n) is 1.00. The van der Waals surface area contributed by atoms with Crippen LogP contribution >= 0.6 is 15.9 Å². The van der Waals surface area contributed by atoms with Crippen molar-refractivity contribution in [1.29, 1.82) is 0 Å². The van der Waals surface area contributed by atoms with Crippen LogP contribution in [-0.2, 0) is 0 Å². The number of halogens is 2. The lowest BCUT2D eigenvalue weighted by Crippen LogP contribution is -2.15. The summed E-state index contributed by atoms with van der Waals surface area (Å²) in [5, 5.41) is 18.1. The van der Waals surface area contributed by atoms with Gasteiger partial charge >= 0.3 is 0 Å². The fraction of sp³-hybridized carbons (Fsp3) is 0.250. The van der Waals surface area contributed by atoms with Crippen molar-refractivity contribution in [3.63, 3.8) is 0 Å². The van der Waals surface area contributed by atoms with Gasteiger partial charge in [0.1, 0.15) is 11.6 Å². The summed E-state index contributed by atoms with van der Waals surface area (Å²) in [6.07, 6.45) is 0. The van der Waals surface area contributed by atoms with Gasteiger partial charge in [-0.25, -0.2) is 4.39 Å². The highest BCUT2D eigenvalue weighted by atomic mass is 79.9. The first-order valence-electron chi connectivity index (χ1n) is 3.61. The van der Waals surface area contributed by atoms with Crippen molar-refractivity contribution in [3.05, 3.63) is 28.0 Å². The molecule has 1 rings (SSSR count). The second kappa shape index (κ2) is 4.04. The quantitative estimate of drug-likeness (QED) is 0.740. The molecule has 13 heavy (non-hydrogen) atoms. The SMILES string of the molecule is NC(CO)c1c(O)ccc(F)c1Br. The van der Waals surface area contributed by atoms with Crippen LogP contribution < -0.4 is 5.73 Å². The molecule has 0 aromatic heterocycles. The Morgan fingerprint density at radius 2 is 2.15 bits per heavy atom. The highest BCUT2D eigenvalue weighted by Gasteiger charge is 2.16. The van der Waals surface area contributed by atoms with E-state index in [2.05, 4.69) is 15.9 Å². The predicted molar refractivity (Wildman–Crippen MR) is 49.8 cm³/mol. The van der Waals surface area contributed by atoms with E-state index in [9.17, 15) is 9.50 Å². The van der Waals surface area contributed by atoms with Gasteiger partial charge in [-0.05, 0) is 28.1 Å². The van der Waals surface area contributed by atoms with Crippen LogP contribution in [0.4, 0.5) is 4.39 Å². The van der Waals surface area contributed by atoms with Crippen molar-refractivity contribution in [3.8, 4) is 5.75 Å². The Kier molecular flexibility index (Phi) is 3.24. The van der Waals surface area contributed by atoms with E-state index in [-0.39, 0.29) is 22.4 Å². The third kappa shape index (κ3) is 1.99. The Hall–Kier alpha value is -0.650. The molecule has 0 aliphatic rings. The summed E-state index contributed by atoms with van der Waals surface area (Å²) in [4.78, 5) is 0. The molecule has 1 aromatic rings.